The third kappa shape index (κ3) is 2.04. The highest BCUT2D eigenvalue weighted by Crippen LogP contribution is 2.39. The molecule has 4 rings (SSSR count). The zero-order chi connectivity index (χ0) is 14.4. The summed E-state index contributed by atoms with van der Waals surface area (Å²) in [6, 6.07) is 7.31. The topological polar surface area (TPSA) is 30.3 Å². The van der Waals surface area contributed by atoms with Gasteiger partial charge in [0.05, 0.1) is 30.1 Å². The van der Waals surface area contributed by atoms with Crippen LogP contribution in [0.4, 0.5) is 0 Å². The van der Waals surface area contributed by atoms with E-state index >= 15 is 0 Å². The number of hydrogen-bond donors (Lipinski definition) is 0. The number of halogens is 1. The van der Waals surface area contributed by atoms with Crippen molar-refractivity contribution in [3.63, 3.8) is 0 Å². The van der Waals surface area contributed by atoms with E-state index in [2.05, 4.69) is 15.5 Å². The molecule has 0 aliphatic carbocycles. The summed E-state index contributed by atoms with van der Waals surface area (Å²) in [4.78, 5) is 7.35. The molecule has 5 heteroatoms. The SMILES string of the molecule is COc1ccc2c(c1)nc(CCl)n2C1CCN2CCCC12. The van der Waals surface area contributed by atoms with E-state index in [0.717, 1.165) is 17.1 Å². The predicted molar refractivity (Wildman–Crippen MR) is 84.1 cm³/mol. The van der Waals surface area contributed by atoms with Crippen molar-refractivity contribution < 1.29 is 4.74 Å². The zero-order valence-electron chi connectivity index (χ0n) is 12.3. The number of ether oxygens (including phenoxy) is 1. The van der Waals surface area contributed by atoms with Gasteiger partial charge in [-0.25, -0.2) is 4.98 Å². The maximum atomic E-state index is 6.17. The fraction of sp³-hybridized carbons (Fsp3) is 0.562. The molecule has 2 aliphatic rings. The zero-order valence-corrected chi connectivity index (χ0v) is 13.0. The third-order valence-corrected chi connectivity index (χ3v) is 5.23. The minimum Gasteiger partial charge on any atom is -0.497 e. The molecule has 2 aliphatic heterocycles. The number of alkyl halides is 1. The second kappa shape index (κ2) is 5.18. The van der Waals surface area contributed by atoms with Gasteiger partial charge in [0.2, 0.25) is 0 Å². The Morgan fingerprint density at radius 3 is 3.00 bits per heavy atom. The third-order valence-electron chi connectivity index (χ3n) is 4.99. The molecule has 0 radical (unpaired) electrons. The van der Waals surface area contributed by atoms with Crippen LogP contribution in [0, 0.1) is 0 Å². The molecule has 0 N–H and O–H groups in total. The highest BCUT2D eigenvalue weighted by molar-refractivity contribution is 6.16. The molecule has 112 valence electrons. The fourth-order valence-electron chi connectivity index (χ4n) is 4.08. The molecule has 0 bridgehead atoms. The van der Waals surface area contributed by atoms with Crippen molar-refractivity contribution in [1.29, 1.82) is 0 Å². The van der Waals surface area contributed by atoms with Crippen LogP contribution in [-0.4, -0.2) is 40.7 Å². The summed E-state index contributed by atoms with van der Waals surface area (Å²) in [6.07, 6.45) is 3.81. The molecule has 2 unspecified atom stereocenters. The molecule has 1 aromatic carbocycles. The first-order valence-electron chi connectivity index (χ1n) is 7.66. The smallest absolute Gasteiger partial charge is 0.125 e. The number of rotatable bonds is 3. The average molecular weight is 306 g/mol. The van der Waals surface area contributed by atoms with Gasteiger partial charge < -0.3 is 9.30 Å². The molecule has 21 heavy (non-hydrogen) atoms. The molecule has 1 aromatic heterocycles. The lowest BCUT2D eigenvalue weighted by atomic mass is 10.1. The lowest BCUT2D eigenvalue weighted by Crippen LogP contribution is -2.28. The molecule has 0 spiro atoms. The van der Waals surface area contributed by atoms with Gasteiger partial charge >= 0.3 is 0 Å². The average Bonchev–Trinajstić information content (AvgIpc) is 3.19. The lowest BCUT2D eigenvalue weighted by molar-refractivity contribution is 0.290. The molecule has 3 heterocycles. The summed E-state index contributed by atoms with van der Waals surface area (Å²) in [5.41, 5.74) is 2.17. The molecule has 0 saturated carbocycles. The highest BCUT2D eigenvalue weighted by Gasteiger charge is 2.39. The van der Waals surface area contributed by atoms with Crippen LogP contribution in [0.5, 0.6) is 5.75 Å². The number of hydrogen-bond acceptors (Lipinski definition) is 3. The highest BCUT2D eigenvalue weighted by atomic mass is 35.5. The number of benzene rings is 1. The van der Waals surface area contributed by atoms with E-state index in [-0.39, 0.29) is 0 Å². The van der Waals surface area contributed by atoms with Crippen LogP contribution >= 0.6 is 11.6 Å². The maximum Gasteiger partial charge on any atom is 0.125 e. The Kier molecular flexibility index (Phi) is 3.31. The van der Waals surface area contributed by atoms with Crippen LogP contribution in [0.1, 0.15) is 31.1 Å². The van der Waals surface area contributed by atoms with Crippen molar-refractivity contribution >= 4 is 22.6 Å². The van der Waals surface area contributed by atoms with E-state index < -0.39 is 0 Å². The Bertz CT molecular complexity index is 669. The molecule has 0 amide bonds. The first-order valence-corrected chi connectivity index (χ1v) is 8.20. The lowest BCUT2D eigenvalue weighted by Gasteiger charge is -2.23. The Morgan fingerprint density at radius 1 is 1.29 bits per heavy atom. The van der Waals surface area contributed by atoms with E-state index in [1.54, 1.807) is 7.11 Å². The summed E-state index contributed by atoms with van der Waals surface area (Å²) in [6.45, 7) is 2.45. The van der Waals surface area contributed by atoms with Crippen LogP contribution in [-0.2, 0) is 5.88 Å². The van der Waals surface area contributed by atoms with Crippen molar-refractivity contribution in [1.82, 2.24) is 14.5 Å². The van der Waals surface area contributed by atoms with E-state index in [9.17, 15) is 0 Å². The van der Waals surface area contributed by atoms with Crippen molar-refractivity contribution in [2.45, 2.75) is 37.2 Å². The second-order valence-electron chi connectivity index (χ2n) is 5.99. The van der Waals surface area contributed by atoms with Crippen LogP contribution in [0.25, 0.3) is 11.0 Å². The van der Waals surface area contributed by atoms with Gasteiger partial charge in [0.15, 0.2) is 0 Å². The van der Waals surface area contributed by atoms with Crippen molar-refractivity contribution in [3.8, 4) is 5.75 Å². The van der Waals surface area contributed by atoms with Gasteiger partial charge in [0.25, 0.3) is 0 Å². The number of imidazole rings is 1. The van der Waals surface area contributed by atoms with Gasteiger partial charge in [-0.15, -0.1) is 11.6 Å². The van der Waals surface area contributed by atoms with E-state index in [1.165, 1.54) is 37.9 Å². The Morgan fingerprint density at radius 2 is 2.19 bits per heavy atom. The van der Waals surface area contributed by atoms with Crippen LogP contribution in [0.2, 0.25) is 0 Å². The first kappa shape index (κ1) is 13.4. The van der Waals surface area contributed by atoms with Gasteiger partial charge in [-0.3, -0.25) is 4.90 Å². The summed E-state index contributed by atoms with van der Waals surface area (Å²) in [5.74, 6) is 2.29. The molecule has 2 saturated heterocycles. The molecule has 2 fully saturated rings. The first-order chi connectivity index (χ1) is 10.3. The minimum atomic E-state index is 0.459. The number of nitrogens with zero attached hydrogens (tertiary/aromatic N) is 3. The van der Waals surface area contributed by atoms with Gasteiger partial charge in [0.1, 0.15) is 11.6 Å². The monoisotopic (exact) mass is 305 g/mol. The maximum absolute atomic E-state index is 6.17. The second-order valence-corrected chi connectivity index (χ2v) is 6.26. The normalized spacial score (nSPS) is 25.6. The van der Waals surface area contributed by atoms with Crippen LogP contribution in [0.3, 0.4) is 0 Å². The van der Waals surface area contributed by atoms with Crippen LogP contribution < -0.4 is 4.74 Å². The van der Waals surface area contributed by atoms with E-state index in [0.29, 0.717) is 18.0 Å². The number of methoxy groups -OCH3 is 1. The molecular weight excluding hydrogens is 286 g/mol. The number of aromatic nitrogens is 2. The summed E-state index contributed by atoms with van der Waals surface area (Å²) in [5, 5.41) is 0. The molecular formula is C16H20ClN3O. The summed E-state index contributed by atoms with van der Waals surface area (Å²) in [7, 11) is 1.69. The quantitative estimate of drug-likeness (QED) is 0.816. The Balaban J connectivity index is 1.83. The largest absolute Gasteiger partial charge is 0.497 e. The van der Waals surface area contributed by atoms with E-state index in [1.807, 2.05) is 12.1 Å². The van der Waals surface area contributed by atoms with Gasteiger partial charge in [-0.05, 0) is 37.9 Å². The Labute approximate surface area is 129 Å². The van der Waals surface area contributed by atoms with Gasteiger partial charge in [-0.2, -0.15) is 0 Å². The van der Waals surface area contributed by atoms with E-state index in [4.69, 9.17) is 21.3 Å². The summed E-state index contributed by atoms with van der Waals surface area (Å²) >= 11 is 6.17. The Hall–Kier alpha value is -1.26. The van der Waals surface area contributed by atoms with Crippen LogP contribution in [0.15, 0.2) is 18.2 Å². The van der Waals surface area contributed by atoms with Gasteiger partial charge in [-0.1, -0.05) is 0 Å². The molecule has 4 nitrogen and oxygen atoms in total. The minimum absolute atomic E-state index is 0.459. The predicted octanol–water partition coefficient (Wildman–Crippen LogP) is 3.19. The fourth-order valence-corrected chi connectivity index (χ4v) is 4.27. The summed E-state index contributed by atoms with van der Waals surface area (Å²) < 4.78 is 7.70. The van der Waals surface area contributed by atoms with Crippen molar-refractivity contribution in [2.24, 2.45) is 0 Å². The standard InChI is InChI=1S/C16H20ClN3O/c1-21-11-4-5-13-12(9-11)18-16(10-17)20(13)15-6-8-19-7-2-3-14(15)19/h4-5,9,14-15H,2-3,6-8,10H2,1H3. The molecule has 2 atom stereocenters. The molecule has 2 aromatic rings. The van der Waals surface area contributed by atoms with Crippen molar-refractivity contribution in [3.05, 3.63) is 24.0 Å². The van der Waals surface area contributed by atoms with Gasteiger partial charge in [0, 0.05) is 18.7 Å². The number of fused-ring (bicyclic) bond motifs is 2. The van der Waals surface area contributed by atoms with Crippen molar-refractivity contribution in [2.75, 3.05) is 20.2 Å².